The van der Waals surface area contributed by atoms with Gasteiger partial charge in [0.1, 0.15) is 0 Å². The second-order valence-corrected chi connectivity index (χ2v) is 6.46. The molecule has 3 nitrogen and oxygen atoms in total. The maximum atomic E-state index is 12.7. The smallest absolute Gasteiger partial charge is 0.317 e. The fraction of sp³-hybridized carbons (Fsp3) is 0.316. The molecular weight excluding hydrogens is 308 g/mol. The first kappa shape index (κ1) is 15.9. The first-order valence-corrected chi connectivity index (χ1v) is 8.34. The molecule has 4 heteroatoms. The van der Waals surface area contributed by atoms with Crippen LogP contribution in [0.3, 0.4) is 0 Å². The SMILES string of the molecule is Cc1ccccc1C1CCCN1C(=O)Nc1cccc(Cl)c1C. The van der Waals surface area contributed by atoms with Gasteiger partial charge in [-0.3, -0.25) is 0 Å². The number of hydrogen-bond acceptors (Lipinski definition) is 1. The van der Waals surface area contributed by atoms with Crippen molar-refractivity contribution in [1.29, 1.82) is 0 Å². The molecule has 1 fully saturated rings. The Morgan fingerprint density at radius 1 is 1.17 bits per heavy atom. The number of nitrogens with one attached hydrogen (secondary N) is 1. The van der Waals surface area contributed by atoms with Crippen LogP contribution < -0.4 is 5.32 Å². The molecule has 1 aliphatic heterocycles. The highest BCUT2D eigenvalue weighted by Crippen LogP contribution is 2.34. The average molecular weight is 329 g/mol. The Kier molecular flexibility index (Phi) is 4.58. The van der Waals surface area contributed by atoms with Crippen molar-refractivity contribution in [2.75, 3.05) is 11.9 Å². The van der Waals surface area contributed by atoms with Gasteiger partial charge in [0, 0.05) is 17.3 Å². The molecule has 1 atom stereocenters. The predicted molar refractivity (Wildman–Crippen MR) is 95.1 cm³/mol. The Morgan fingerprint density at radius 3 is 2.74 bits per heavy atom. The Balaban J connectivity index is 1.81. The van der Waals surface area contributed by atoms with Crippen LogP contribution in [-0.2, 0) is 0 Å². The Morgan fingerprint density at radius 2 is 1.96 bits per heavy atom. The van der Waals surface area contributed by atoms with Gasteiger partial charge in [-0.2, -0.15) is 0 Å². The van der Waals surface area contributed by atoms with Crippen LogP contribution in [0.25, 0.3) is 0 Å². The minimum Gasteiger partial charge on any atom is -0.317 e. The highest BCUT2D eigenvalue weighted by Gasteiger charge is 2.30. The maximum absolute atomic E-state index is 12.7. The summed E-state index contributed by atoms with van der Waals surface area (Å²) in [6.07, 6.45) is 2.04. The molecule has 0 aromatic heterocycles. The molecule has 3 rings (SSSR count). The summed E-state index contributed by atoms with van der Waals surface area (Å²) in [6.45, 7) is 4.80. The number of halogens is 1. The topological polar surface area (TPSA) is 32.3 Å². The van der Waals surface area contributed by atoms with Crippen LogP contribution in [0.5, 0.6) is 0 Å². The zero-order valence-corrected chi connectivity index (χ0v) is 14.2. The summed E-state index contributed by atoms with van der Waals surface area (Å²) in [5, 5.41) is 3.68. The minimum absolute atomic E-state index is 0.0545. The molecule has 120 valence electrons. The van der Waals surface area contributed by atoms with Gasteiger partial charge in [0.15, 0.2) is 0 Å². The summed E-state index contributed by atoms with van der Waals surface area (Å²) < 4.78 is 0. The normalized spacial score (nSPS) is 17.3. The van der Waals surface area contributed by atoms with Gasteiger partial charge in [-0.1, -0.05) is 41.9 Å². The van der Waals surface area contributed by atoms with Crippen LogP contribution in [0.2, 0.25) is 5.02 Å². The van der Waals surface area contributed by atoms with Crippen molar-refractivity contribution in [2.24, 2.45) is 0 Å². The van der Waals surface area contributed by atoms with Crippen molar-refractivity contribution in [3.63, 3.8) is 0 Å². The minimum atomic E-state index is -0.0545. The van der Waals surface area contributed by atoms with Gasteiger partial charge in [-0.15, -0.1) is 0 Å². The number of carbonyl (C=O) groups excluding carboxylic acids is 1. The monoisotopic (exact) mass is 328 g/mol. The summed E-state index contributed by atoms with van der Waals surface area (Å²) in [7, 11) is 0. The van der Waals surface area contributed by atoms with Gasteiger partial charge < -0.3 is 10.2 Å². The van der Waals surface area contributed by atoms with E-state index in [1.807, 2.05) is 42.2 Å². The van der Waals surface area contributed by atoms with Crippen LogP contribution in [0, 0.1) is 13.8 Å². The molecule has 1 N–H and O–H groups in total. The molecule has 0 saturated carbocycles. The molecule has 1 heterocycles. The van der Waals surface area contributed by atoms with E-state index in [1.54, 1.807) is 0 Å². The van der Waals surface area contributed by atoms with Crippen LogP contribution >= 0.6 is 11.6 Å². The molecule has 23 heavy (non-hydrogen) atoms. The first-order valence-electron chi connectivity index (χ1n) is 7.96. The van der Waals surface area contributed by atoms with Crippen molar-refractivity contribution < 1.29 is 4.79 Å². The van der Waals surface area contributed by atoms with Crippen LogP contribution in [0.1, 0.15) is 35.6 Å². The summed E-state index contributed by atoms with van der Waals surface area (Å²) in [5.41, 5.74) is 4.14. The first-order chi connectivity index (χ1) is 11.1. The lowest BCUT2D eigenvalue weighted by molar-refractivity contribution is 0.207. The van der Waals surface area contributed by atoms with E-state index in [1.165, 1.54) is 11.1 Å². The molecule has 1 saturated heterocycles. The van der Waals surface area contributed by atoms with Crippen molar-refractivity contribution in [1.82, 2.24) is 4.90 Å². The lowest BCUT2D eigenvalue weighted by atomic mass is 9.99. The number of nitrogens with zero attached hydrogens (tertiary/aromatic N) is 1. The zero-order valence-electron chi connectivity index (χ0n) is 13.5. The van der Waals surface area contributed by atoms with E-state index in [-0.39, 0.29) is 12.1 Å². The summed E-state index contributed by atoms with van der Waals surface area (Å²) in [5.74, 6) is 0. The Hall–Kier alpha value is -2.00. The highest BCUT2D eigenvalue weighted by molar-refractivity contribution is 6.31. The number of amides is 2. The van der Waals surface area contributed by atoms with Crippen molar-refractivity contribution in [3.05, 3.63) is 64.2 Å². The third kappa shape index (κ3) is 3.20. The second kappa shape index (κ2) is 6.63. The van der Waals surface area contributed by atoms with Gasteiger partial charge in [-0.05, 0) is 55.5 Å². The van der Waals surface area contributed by atoms with Crippen LogP contribution in [-0.4, -0.2) is 17.5 Å². The lowest BCUT2D eigenvalue weighted by Gasteiger charge is -2.27. The Labute approximate surface area is 142 Å². The fourth-order valence-corrected chi connectivity index (χ4v) is 3.40. The number of rotatable bonds is 2. The lowest BCUT2D eigenvalue weighted by Crippen LogP contribution is -2.34. The van der Waals surface area contributed by atoms with E-state index in [9.17, 15) is 4.79 Å². The molecule has 2 amide bonds. The second-order valence-electron chi connectivity index (χ2n) is 6.05. The molecule has 2 aromatic carbocycles. The number of aryl methyl sites for hydroxylation is 1. The van der Waals surface area contributed by atoms with E-state index in [2.05, 4.69) is 24.4 Å². The van der Waals surface area contributed by atoms with Crippen molar-refractivity contribution in [2.45, 2.75) is 32.7 Å². The third-order valence-corrected chi connectivity index (χ3v) is 4.98. The number of urea groups is 1. The van der Waals surface area contributed by atoms with Crippen molar-refractivity contribution >= 4 is 23.3 Å². The number of hydrogen-bond donors (Lipinski definition) is 1. The van der Waals surface area contributed by atoms with Gasteiger partial charge in [0.2, 0.25) is 0 Å². The Bertz CT molecular complexity index is 729. The molecule has 1 aliphatic rings. The molecule has 0 bridgehead atoms. The molecule has 0 spiro atoms. The largest absolute Gasteiger partial charge is 0.322 e. The molecule has 0 aliphatic carbocycles. The van der Waals surface area contributed by atoms with Gasteiger partial charge >= 0.3 is 6.03 Å². The van der Waals surface area contributed by atoms with E-state index < -0.39 is 0 Å². The van der Waals surface area contributed by atoms with Gasteiger partial charge in [0.25, 0.3) is 0 Å². The number of anilines is 1. The molecular formula is C19H21ClN2O. The quantitative estimate of drug-likeness (QED) is 0.794. The van der Waals surface area contributed by atoms with Gasteiger partial charge in [0.05, 0.1) is 6.04 Å². The standard InChI is InChI=1S/C19H21ClN2O/c1-13-7-3-4-8-15(13)18-11-6-12-22(18)19(23)21-17-10-5-9-16(20)14(17)2/h3-5,7-10,18H,6,11-12H2,1-2H3,(H,21,23). The van der Waals surface area contributed by atoms with E-state index >= 15 is 0 Å². The molecule has 2 aromatic rings. The van der Waals surface area contributed by atoms with Gasteiger partial charge in [-0.25, -0.2) is 4.79 Å². The van der Waals surface area contributed by atoms with E-state index in [0.717, 1.165) is 30.6 Å². The number of benzene rings is 2. The van der Waals surface area contributed by atoms with E-state index in [4.69, 9.17) is 11.6 Å². The van der Waals surface area contributed by atoms with Crippen LogP contribution in [0.4, 0.5) is 10.5 Å². The van der Waals surface area contributed by atoms with E-state index in [0.29, 0.717) is 5.02 Å². The average Bonchev–Trinajstić information content (AvgIpc) is 3.02. The fourth-order valence-electron chi connectivity index (χ4n) is 3.22. The number of likely N-dealkylation sites (tertiary alicyclic amines) is 1. The number of carbonyl (C=O) groups is 1. The summed E-state index contributed by atoms with van der Waals surface area (Å²) in [6, 6.07) is 14.0. The third-order valence-electron chi connectivity index (χ3n) is 4.57. The molecule has 1 unspecified atom stereocenters. The summed E-state index contributed by atoms with van der Waals surface area (Å²) >= 11 is 6.14. The van der Waals surface area contributed by atoms with Crippen LogP contribution in [0.15, 0.2) is 42.5 Å². The summed E-state index contributed by atoms with van der Waals surface area (Å²) in [4.78, 5) is 14.7. The predicted octanol–water partition coefficient (Wildman–Crippen LogP) is 5.33. The zero-order chi connectivity index (χ0) is 16.4. The highest BCUT2D eigenvalue weighted by atomic mass is 35.5. The maximum Gasteiger partial charge on any atom is 0.322 e. The van der Waals surface area contributed by atoms with Crippen molar-refractivity contribution in [3.8, 4) is 0 Å². The molecule has 0 radical (unpaired) electrons.